The van der Waals surface area contributed by atoms with Gasteiger partial charge in [-0.15, -0.1) is 15.3 Å². The number of pyridine rings is 2. The summed E-state index contributed by atoms with van der Waals surface area (Å²) in [5.74, 6) is 1.19. The van der Waals surface area contributed by atoms with E-state index >= 15 is 0 Å². The van der Waals surface area contributed by atoms with Crippen LogP contribution >= 0.6 is 23.2 Å². The molecule has 15 heteroatoms. The lowest BCUT2D eigenvalue weighted by molar-refractivity contribution is -0.119. The SMILES string of the molecule is COc1nc(-c2cccc(-c3cccc(-n4cc5cc(CNCc6nn[nH]n6)cnc5n4)c3Cl)c2Cl)ccc1CNC[C@@H]1CCC(=O)N1. The van der Waals surface area contributed by atoms with Crippen LogP contribution in [-0.2, 0) is 24.4 Å². The van der Waals surface area contributed by atoms with Crippen molar-refractivity contribution in [2.75, 3.05) is 13.7 Å². The third kappa shape index (κ3) is 6.71. The van der Waals surface area contributed by atoms with Crippen LogP contribution in [0.15, 0.2) is 67.0 Å². The molecule has 1 saturated heterocycles. The maximum atomic E-state index is 11.5. The molecule has 4 aromatic heterocycles. The summed E-state index contributed by atoms with van der Waals surface area (Å²) >= 11 is 14.1. The van der Waals surface area contributed by atoms with Crippen LogP contribution in [-0.4, -0.2) is 66.0 Å². The quantitative estimate of drug-likeness (QED) is 0.143. The first kappa shape index (κ1) is 31.6. The summed E-state index contributed by atoms with van der Waals surface area (Å²) in [5, 5.41) is 30.1. The second-order valence-electron chi connectivity index (χ2n) is 11.4. The number of aromatic nitrogens is 8. The number of hydrogen-bond acceptors (Lipinski definition) is 10. The van der Waals surface area contributed by atoms with E-state index in [9.17, 15) is 4.79 Å². The number of tetrazole rings is 1. The van der Waals surface area contributed by atoms with Gasteiger partial charge in [0.05, 0.1) is 35.1 Å². The van der Waals surface area contributed by atoms with Crippen molar-refractivity contribution in [2.24, 2.45) is 0 Å². The molecule has 0 bridgehead atoms. The number of ether oxygens (including phenoxy) is 1. The number of halogens is 2. The second kappa shape index (κ2) is 14.0. The highest BCUT2D eigenvalue weighted by Gasteiger charge is 2.21. The van der Waals surface area contributed by atoms with Gasteiger partial charge in [-0.1, -0.05) is 64.8 Å². The minimum absolute atomic E-state index is 0.0992. The zero-order valence-corrected chi connectivity index (χ0v) is 27.4. The molecule has 1 amide bonds. The van der Waals surface area contributed by atoms with Gasteiger partial charge in [0, 0.05) is 72.1 Å². The molecule has 244 valence electrons. The Labute approximate surface area is 285 Å². The Bertz CT molecular complexity index is 2080. The first-order valence-corrected chi connectivity index (χ1v) is 16.1. The summed E-state index contributed by atoms with van der Waals surface area (Å²) in [6.07, 6.45) is 5.10. The predicted molar refractivity (Wildman–Crippen MR) is 182 cm³/mol. The molecule has 48 heavy (non-hydrogen) atoms. The number of aromatic amines is 1. The normalized spacial score (nSPS) is 14.5. The largest absolute Gasteiger partial charge is 0.481 e. The Balaban J connectivity index is 1.11. The molecule has 1 aliphatic heterocycles. The van der Waals surface area contributed by atoms with Gasteiger partial charge in [0.1, 0.15) is 0 Å². The van der Waals surface area contributed by atoms with E-state index in [1.165, 1.54) is 0 Å². The minimum Gasteiger partial charge on any atom is -0.481 e. The van der Waals surface area contributed by atoms with E-state index in [2.05, 4.69) is 41.6 Å². The molecule has 13 nitrogen and oxygen atoms in total. The number of hydrogen-bond donors (Lipinski definition) is 4. The number of fused-ring (bicyclic) bond motifs is 1. The zero-order valence-electron chi connectivity index (χ0n) is 25.9. The average Bonchev–Trinajstić information content (AvgIpc) is 3.87. The highest BCUT2D eigenvalue weighted by Crippen LogP contribution is 2.41. The number of methoxy groups -OCH3 is 1. The monoisotopic (exact) mass is 683 g/mol. The fraction of sp³-hybridized carbons (Fsp3) is 0.242. The van der Waals surface area contributed by atoms with E-state index in [4.69, 9.17) is 38.0 Å². The van der Waals surface area contributed by atoms with E-state index in [1.54, 1.807) is 18.0 Å². The number of amides is 1. The summed E-state index contributed by atoms with van der Waals surface area (Å²) < 4.78 is 7.37. The van der Waals surface area contributed by atoms with Crippen molar-refractivity contribution >= 4 is 40.1 Å². The fourth-order valence-corrected chi connectivity index (χ4v) is 6.38. The minimum atomic E-state index is 0.0992. The fourth-order valence-electron chi connectivity index (χ4n) is 5.74. The van der Waals surface area contributed by atoms with Gasteiger partial charge in [-0.3, -0.25) is 4.79 Å². The van der Waals surface area contributed by atoms with Gasteiger partial charge in [-0.25, -0.2) is 14.6 Å². The Morgan fingerprint density at radius 1 is 1.00 bits per heavy atom. The molecule has 1 atom stereocenters. The predicted octanol–water partition coefficient (Wildman–Crippen LogP) is 4.64. The summed E-state index contributed by atoms with van der Waals surface area (Å²) in [6.45, 7) is 2.29. The van der Waals surface area contributed by atoms with Crippen molar-refractivity contribution in [3.63, 3.8) is 0 Å². The van der Waals surface area contributed by atoms with Gasteiger partial charge in [0.2, 0.25) is 11.8 Å². The third-order valence-corrected chi connectivity index (χ3v) is 8.94. The number of H-pyrrole nitrogens is 1. The van der Waals surface area contributed by atoms with Gasteiger partial charge in [0.15, 0.2) is 11.5 Å². The van der Waals surface area contributed by atoms with Crippen molar-refractivity contribution in [2.45, 2.75) is 38.5 Å². The number of benzene rings is 2. The van der Waals surface area contributed by atoms with Crippen molar-refractivity contribution in [1.82, 2.24) is 56.3 Å². The third-order valence-electron chi connectivity index (χ3n) is 8.13. The van der Waals surface area contributed by atoms with Gasteiger partial charge >= 0.3 is 0 Å². The molecular formula is C33H31Cl2N11O2. The number of carbonyl (C=O) groups excluding carboxylic acids is 1. The van der Waals surface area contributed by atoms with Gasteiger partial charge in [0.25, 0.3) is 0 Å². The van der Waals surface area contributed by atoms with Crippen molar-refractivity contribution in [3.05, 3.63) is 94.0 Å². The van der Waals surface area contributed by atoms with Gasteiger partial charge < -0.3 is 20.7 Å². The van der Waals surface area contributed by atoms with Crippen LogP contribution in [0.5, 0.6) is 5.88 Å². The van der Waals surface area contributed by atoms with E-state index < -0.39 is 0 Å². The highest BCUT2D eigenvalue weighted by molar-refractivity contribution is 6.39. The summed E-state index contributed by atoms with van der Waals surface area (Å²) in [6, 6.07) is 17.6. The number of rotatable bonds is 12. The molecule has 0 unspecified atom stereocenters. The Morgan fingerprint density at radius 3 is 2.62 bits per heavy atom. The van der Waals surface area contributed by atoms with Crippen molar-refractivity contribution in [1.29, 1.82) is 0 Å². The standard InChI is InChI=1S/C33H31Cl2N11O2/c1-48-33-20(15-37-16-22-9-11-29(47)39-22)8-10-26(40-33)25-6-2-4-23(30(25)34)24-5-3-7-27(31(24)35)46-18-21-12-19(14-38-32(21)43-46)13-36-17-28-41-44-45-42-28/h2-8,10,12,14,18,22,36-37H,9,11,13,15-17H2,1H3,(H,39,47)(H,41,42,44,45)/t22-/m0/s1. The molecule has 0 radical (unpaired) electrons. The molecular weight excluding hydrogens is 653 g/mol. The molecule has 5 heterocycles. The van der Waals surface area contributed by atoms with E-state index in [0.717, 1.165) is 39.6 Å². The maximum absolute atomic E-state index is 11.5. The molecule has 1 fully saturated rings. The van der Waals surface area contributed by atoms with Crippen LogP contribution in [0.1, 0.15) is 29.8 Å². The maximum Gasteiger partial charge on any atom is 0.220 e. The molecule has 2 aromatic carbocycles. The van der Waals surface area contributed by atoms with Crippen LogP contribution in [0.2, 0.25) is 10.0 Å². The first-order valence-electron chi connectivity index (χ1n) is 15.4. The van der Waals surface area contributed by atoms with Crippen LogP contribution in [0.25, 0.3) is 39.1 Å². The second-order valence-corrected chi connectivity index (χ2v) is 12.1. The molecule has 7 rings (SSSR count). The lowest BCUT2D eigenvalue weighted by Gasteiger charge is -2.15. The molecule has 4 N–H and O–H groups in total. The molecule has 0 saturated carbocycles. The van der Waals surface area contributed by atoms with Crippen molar-refractivity contribution < 1.29 is 9.53 Å². The number of carbonyl (C=O) groups is 1. The van der Waals surface area contributed by atoms with Crippen LogP contribution in [0.4, 0.5) is 0 Å². The van der Waals surface area contributed by atoms with Gasteiger partial charge in [-0.2, -0.15) is 5.21 Å². The van der Waals surface area contributed by atoms with E-state index in [0.29, 0.717) is 71.4 Å². The molecule has 0 spiro atoms. The van der Waals surface area contributed by atoms with Gasteiger partial charge in [-0.05, 0) is 30.2 Å². The lowest BCUT2D eigenvalue weighted by atomic mass is 10.00. The number of nitrogens with one attached hydrogen (secondary N) is 4. The van der Waals surface area contributed by atoms with E-state index in [-0.39, 0.29) is 11.9 Å². The summed E-state index contributed by atoms with van der Waals surface area (Å²) in [5.41, 5.74) is 6.12. The Hall–Kier alpha value is -4.95. The Kier molecular flexibility index (Phi) is 9.25. The molecule has 1 aliphatic rings. The molecule has 0 aliphatic carbocycles. The molecule has 6 aromatic rings. The van der Waals surface area contributed by atoms with Crippen molar-refractivity contribution in [3.8, 4) is 34.0 Å². The highest BCUT2D eigenvalue weighted by atomic mass is 35.5. The summed E-state index contributed by atoms with van der Waals surface area (Å²) in [7, 11) is 1.60. The van der Waals surface area contributed by atoms with Crippen LogP contribution < -0.4 is 20.7 Å². The lowest BCUT2D eigenvalue weighted by Crippen LogP contribution is -2.35. The smallest absolute Gasteiger partial charge is 0.220 e. The van der Waals surface area contributed by atoms with E-state index in [1.807, 2.05) is 60.8 Å². The average molecular weight is 685 g/mol. The number of nitrogens with zero attached hydrogens (tertiary/aromatic N) is 7. The Morgan fingerprint density at radius 2 is 1.83 bits per heavy atom. The van der Waals surface area contributed by atoms with Crippen LogP contribution in [0, 0.1) is 0 Å². The zero-order chi connectivity index (χ0) is 33.0. The van der Waals surface area contributed by atoms with Crippen LogP contribution in [0.3, 0.4) is 0 Å². The first-order chi connectivity index (χ1) is 23.5. The topological polar surface area (TPSA) is 160 Å². The summed E-state index contributed by atoms with van der Waals surface area (Å²) in [4.78, 5) is 20.8.